The highest BCUT2D eigenvalue weighted by molar-refractivity contribution is 5.93. The lowest BCUT2D eigenvalue weighted by Gasteiger charge is -2.15. The molecule has 2 aromatic rings. The van der Waals surface area contributed by atoms with Crippen molar-refractivity contribution in [2.75, 3.05) is 46.3 Å². The van der Waals surface area contributed by atoms with Gasteiger partial charge < -0.3 is 29.6 Å². The van der Waals surface area contributed by atoms with E-state index >= 15 is 0 Å². The molecule has 0 aromatic heterocycles. The van der Waals surface area contributed by atoms with Crippen molar-refractivity contribution in [3.8, 4) is 23.0 Å². The Morgan fingerprint density at radius 2 is 1.68 bits per heavy atom. The molecule has 0 aliphatic heterocycles. The third-order valence-corrected chi connectivity index (χ3v) is 3.89. The molecule has 0 saturated heterocycles. The van der Waals surface area contributed by atoms with Gasteiger partial charge in [0.15, 0.2) is 17.5 Å². The first-order chi connectivity index (χ1) is 13.7. The minimum Gasteiger partial charge on any atom is -0.497 e. The van der Waals surface area contributed by atoms with E-state index < -0.39 is 0 Å². The zero-order valence-electron chi connectivity index (χ0n) is 17.0. The number of benzene rings is 2. The van der Waals surface area contributed by atoms with Crippen molar-refractivity contribution in [2.24, 2.45) is 4.99 Å². The molecule has 0 aliphatic carbocycles. The minimum absolute atomic E-state index is 0.570. The molecule has 0 radical (unpaired) electrons. The number of methoxy groups -OCH3 is 2. The zero-order valence-corrected chi connectivity index (χ0v) is 17.0. The lowest BCUT2D eigenvalue weighted by atomic mass is 10.2. The number of hydrogen-bond donors (Lipinski definition) is 2. The Balaban J connectivity index is 1.77. The average molecular weight is 387 g/mol. The van der Waals surface area contributed by atoms with Gasteiger partial charge in [-0.3, -0.25) is 4.99 Å². The summed E-state index contributed by atoms with van der Waals surface area (Å²) in [5.41, 5.74) is 0.867. The second-order valence-corrected chi connectivity index (χ2v) is 5.80. The van der Waals surface area contributed by atoms with Crippen LogP contribution in [0.15, 0.2) is 47.5 Å². The van der Waals surface area contributed by atoms with Gasteiger partial charge in [-0.05, 0) is 49.7 Å². The number of nitrogens with zero attached hydrogens (tertiary/aromatic N) is 1. The monoisotopic (exact) mass is 387 g/mol. The van der Waals surface area contributed by atoms with Crippen LogP contribution in [0, 0.1) is 0 Å². The van der Waals surface area contributed by atoms with E-state index in [2.05, 4.69) is 15.6 Å². The van der Waals surface area contributed by atoms with Crippen LogP contribution in [-0.2, 0) is 0 Å². The van der Waals surface area contributed by atoms with Gasteiger partial charge in [0.1, 0.15) is 11.5 Å². The second-order valence-electron chi connectivity index (χ2n) is 5.80. The van der Waals surface area contributed by atoms with E-state index in [1.54, 1.807) is 21.3 Å². The highest BCUT2D eigenvalue weighted by Gasteiger charge is 2.07. The lowest BCUT2D eigenvalue weighted by molar-refractivity contribution is 0.310. The summed E-state index contributed by atoms with van der Waals surface area (Å²) in [4.78, 5) is 4.24. The molecule has 0 atom stereocenters. The summed E-state index contributed by atoms with van der Waals surface area (Å²) >= 11 is 0. The predicted octanol–water partition coefficient (Wildman–Crippen LogP) is 3.56. The van der Waals surface area contributed by atoms with Gasteiger partial charge in [0.25, 0.3) is 0 Å². The molecule has 0 heterocycles. The van der Waals surface area contributed by atoms with Crippen molar-refractivity contribution >= 4 is 11.6 Å². The molecule has 0 bridgehead atoms. The second kappa shape index (κ2) is 11.6. The molecule has 7 nitrogen and oxygen atoms in total. The Kier molecular flexibility index (Phi) is 8.78. The van der Waals surface area contributed by atoms with Crippen LogP contribution in [0.3, 0.4) is 0 Å². The van der Waals surface area contributed by atoms with Gasteiger partial charge in [-0.1, -0.05) is 0 Å². The van der Waals surface area contributed by atoms with Gasteiger partial charge in [-0.25, -0.2) is 0 Å². The summed E-state index contributed by atoms with van der Waals surface area (Å²) in [6.45, 7) is 3.84. The maximum atomic E-state index is 5.72. The largest absolute Gasteiger partial charge is 0.497 e. The summed E-state index contributed by atoms with van der Waals surface area (Å²) in [6.07, 6.45) is 0.833. The summed E-state index contributed by atoms with van der Waals surface area (Å²) < 4.78 is 21.8. The molecule has 0 unspecified atom stereocenters. The molecule has 0 amide bonds. The molecule has 0 saturated carbocycles. The molecule has 152 valence electrons. The number of hydrogen-bond acceptors (Lipinski definition) is 5. The van der Waals surface area contributed by atoms with E-state index in [-0.39, 0.29) is 0 Å². The van der Waals surface area contributed by atoms with E-state index in [9.17, 15) is 0 Å². The fourth-order valence-electron chi connectivity index (χ4n) is 2.48. The smallest absolute Gasteiger partial charge is 0.195 e. The third kappa shape index (κ3) is 6.57. The number of ether oxygens (including phenoxy) is 4. The molecular weight excluding hydrogens is 358 g/mol. The lowest BCUT2D eigenvalue weighted by Crippen LogP contribution is -2.32. The van der Waals surface area contributed by atoms with E-state index in [0.29, 0.717) is 30.7 Å². The predicted molar refractivity (Wildman–Crippen MR) is 112 cm³/mol. The summed E-state index contributed by atoms with van der Waals surface area (Å²) in [5.74, 6) is 3.71. The van der Waals surface area contributed by atoms with Crippen LogP contribution < -0.4 is 29.6 Å². The van der Waals surface area contributed by atoms with Crippen LogP contribution in [0.5, 0.6) is 23.0 Å². The molecule has 2 aromatic carbocycles. The Morgan fingerprint density at radius 3 is 2.32 bits per heavy atom. The Morgan fingerprint density at radius 1 is 0.929 bits per heavy atom. The first-order valence-corrected chi connectivity index (χ1v) is 9.25. The van der Waals surface area contributed by atoms with Crippen molar-refractivity contribution in [1.82, 2.24) is 5.32 Å². The van der Waals surface area contributed by atoms with E-state index in [4.69, 9.17) is 18.9 Å². The molecule has 2 rings (SSSR count). The highest BCUT2D eigenvalue weighted by Crippen LogP contribution is 2.30. The molecule has 2 N–H and O–H groups in total. The SMILES string of the molecule is CCOc1cc(NC(=NC)NCCCOc2ccc(OC)cc2)ccc1OC. The molecule has 0 aliphatic rings. The fraction of sp³-hybridized carbons (Fsp3) is 0.381. The quantitative estimate of drug-likeness (QED) is 0.369. The van der Waals surface area contributed by atoms with Crippen LogP contribution in [-0.4, -0.2) is 47.0 Å². The fourth-order valence-corrected chi connectivity index (χ4v) is 2.48. The number of anilines is 1. The Hall–Kier alpha value is -3.09. The summed E-state index contributed by atoms with van der Waals surface area (Å²) in [6, 6.07) is 13.2. The number of guanidine groups is 1. The molecule has 28 heavy (non-hydrogen) atoms. The van der Waals surface area contributed by atoms with E-state index in [1.807, 2.05) is 49.4 Å². The molecule has 0 spiro atoms. The van der Waals surface area contributed by atoms with Gasteiger partial charge in [0, 0.05) is 25.3 Å². The third-order valence-electron chi connectivity index (χ3n) is 3.89. The topological polar surface area (TPSA) is 73.3 Å². The van der Waals surface area contributed by atoms with Gasteiger partial charge in [-0.15, -0.1) is 0 Å². The van der Waals surface area contributed by atoms with Crippen LogP contribution in [0.25, 0.3) is 0 Å². The maximum absolute atomic E-state index is 5.72. The van der Waals surface area contributed by atoms with Gasteiger partial charge in [-0.2, -0.15) is 0 Å². The molecular formula is C21H29N3O4. The highest BCUT2D eigenvalue weighted by atomic mass is 16.5. The normalized spacial score (nSPS) is 10.9. The van der Waals surface area contributed by atoms with Crippen molar-refractivity contribution < 1.29 is 18.9 Å². The molecule has 7 heteroatoms. The Labute approximate surface area is 166 Å². The van der Waals surface area contributed by atoms with Crippen LogP contribution in [0.4, 0.5) is 5.69 Å². The van der Waals surface area contributed by atoms with Crippen LogP contribution in [0.1, 0.15) is 13.3 Å². The van der Waals surface area contributed by atoms with Crippen LogP contribution >= 0.6 is 0 Å². The van der Waals surface area contributed by atoms with Crippen LogP contribution in [0.2, 0.25) is 0 Å². The van der Waals surface area contributed by atoms with Crippen molar-refractivity contribution in [3.05, 3.63) is 42.5 Å². The van der Waals surface area contributed by atoms with Gasteiger partial charge in [0.2, 0.25) is 0 Å². The summed E-state index contributed by atoms with van der Waals surface area (Å²) in [5, 5.41) is 6.52. The number of nitrogens with one attached hydrogen (secondary N) is 2. The number of rotatable bonds is 10. The average Bonchev–Trinajstić information content (AvgIpc) is 2.73. The van der Waals surface area contributed by atoms with Gasteiger partial charge in [0.05, 0.1) is 27.4 Å². The maximum Gasteiger partial charge on any atom is 0.195 e. The standard InChI is InChI=1S/C21H29N3O4/c1-5-27-20-15-16(7-12-19(20)26-4)24-21(22-2)23-13-6-14-28-18-10-8-17(25-3)9-11-18/h7-12,15H,5-6,13-14H2,1-4H3,(H2,22,23,24). The molecule has 0 fully saturated rings. The van der Waals surface area contributed by atoms with Crippen molar-refractivity contribution in [2.45, 2.75) is 13.3 Å². The van der Waals surface area contributed by atoms with E-state index in [0.717, 1.165) is 30.2 Å². The van der Waals surface area contributed by atoms with Crippen molar-refractivity contribution in [1.29, 1.82) is 0 Å². The number of aliphatic imine (C=N–C) groups is 1. The van der Waals surface area contributed by atoms with E-state index in [1.165, 1.54) is 0 Å². The first kappa shape index (κ1) is 21.2. The summed E-state index contributed by atoms with van der Waals surface area (Å²) in [7, 11) is 5.00. The zero-order chi connectivity index (χ0) is 20.2. The van der Waals surface area contributed by atoms with Gasteiger partial charge >= 0.3 is 0 Å². The first-order valence-electron chi connectivity index (χ1n) is 9.25. The van der Waals surface area contributed by atoms with Crippen molar-refractivity contribution in [3.63, 3.8) is 0 Å². The minimum atomic E-state index is 0.570. The Bertz CT molecular complexity index is 748.